The molecule has 2 aromatic heterocycles. The monoisotopic (exact) mass is 470 g/mol. The number of nitrogens with one attached hydrogen (secondary N) is 1. The lowest BCUT2D eigenvalue weighted by atomic mass is 9.96. The largest absolute Gasteiger partial charge is 0.506 e. The summed E-state index contributed by atoms with van der Waals surface area (Å²) >= 11 is 12.0. The SMILES string of the molecule is COCCCN1C(=S)N[C@@H](c2ccccn2)[C@@H]1c1cc(C)n(-c2cc(Cl)ccc2O)c1C. The number of ether oxygens (including phenoxy) is 1. The molecule has 1 aliphatic heterocycles. The Morgan fingerprint density at radius 1 is 1.22 bits per heavy atom. The van der Waals surface area contributed by atoms with Crippen LogP contribution in [0.25, 0.3) is 5.69 Å². The highest BCUT2D eigenvalue weighted by Crippen LogP contribution is 2.42. The second-order valence-electron chi connectivity index (χ2n) is 7.96. The smallest absolute Gasteiger partial charge is 0.170 e. The Morgan fingerprint density at radius 3 is 2.75 bits per heavy atom. The van der Waals surface area contributed by atoms with Gasteiger partial charge in [-0.15, -0.1) is 0 Å². The Morgan fingerprint density at radius 2 is 2.03 bits per heavy atom. The van der Waals surface area contributed by atoms with Gasteiger partial charge in [0.1, 0.15) is 5.75 Å². The first-order chi connectivity index (χ1) is 15.4. The number of thiocarbonyl (C=S) groups is 1. The molecule has 8 heteroatoms. The lowest BCUT2D eigenvalue weighted by Gasteiger charge is -2.28. The van der Waals surface area contributed by atoms with E-state index in [0.29, 0.717) is 22.4 Å². The molecule has 0 spiro atoms. The molecule has 0 amide bonds. The summed E-state index contributed by atoms with van der Waals surface area (Å²) in [6, 6.07) is 13.0. The number of phenolic OH excluding ortho intramolecular Hbond substituents is 1. The van der Waals surface area contributed by atoms with E-state index in [1.807, 2.05) is 29.7 Å². The van der Waals surface area contributed by atoms with Crippen LogP contribution in [0.15, 0.2) is 48.7 Å². The molecular formula is C24H27ClN4O2S. The van der Waals surface area contributed by atoms with Crippen LogP contribution in [0.4, 0.5) is 0 Å². The molecule has 1 fully saturated rings. The van der Waals surface area contributed by atoms with Crippen molar-refractivity contribution in [3.8, 4) is 11.4 Å². The Balaban J connectivity index is 1.81. The molecule has 3 heterocycles. The van der Waals surface area contributed by atoms with Crippen molar-refractivity contribution in [3.63, 3.8) is 0 Å². The number of nitrogens with zero attached hydrogens (tertiary/aromatic N) is 3. The van der Waals surface area contributed by atoms with Crippen LogP contribution in [0.5, 0.6) is 5.75 Å². The number of halogens is 1. The molecule has 0 bridgehead atoms. The molecule has 0 unspecified atom stereocenters. The zero-order chi connectivity index (χ0) is 22.8. The summed E-state index contributed by atoms with van der Waals surface area (Å²) in [5.74, 6) is 0.182. The van der Waals surface area contributed by atoms with Crippen molar-refractivity contribution in [2.24, 2.45) is 0 Å². The molecule has 1 aromatic carbocycles. The van der Waals surface area contributed by atoms with Gasteiger partial charge in [0.2, 0.25) is 0 Å². The summed E-state index contributed by atoms with van der Waals surface area (Å²) in [6.45, 7) is 5.52. The molecule has 32 heavy (non-hydrogen) atoms. The van der Waals surface area contributed by atoms with E-state index in [1.54, 1.807) is 31.5 Å². The zero-order valence-electron chi connectivity index (χ0n) is 18.4. The van der Waals surface area contributed by atoms with Gasteiger partial charge in [0, 0.05) is 42.9 Å². The second-order valence-corrected chi connectivity index (χ2v) is 8.78. The standard InChI is InChI=1S/C24H27ClN4O2S/c1-15-13-18(16(2)29(15)20-14-17(25)8-9-21(20)30)23-22(19-7-4-5-10-26-19)27-24(32)28(23)11-6-12-31-3/h4-5,7-10,13-14,22-23,30H,6,11-12H2,1-3H3,(H,27,32)/t22-,23-/m0/s1. The van der Waals surface area contributed by atoms with E-state index >= 15 is 0 Å². The third-order valence-electron chi connectivity index (χ3n) is 5.91. The summed E-state index contributed by atoms with van der Waals surface area (Å²) in [7, 11) is 1.71. The fourth-order valence-corrected chi connectivity index (χ4v) is 5.00. The van der Waals surface area contributed by atoms with Gasteiger partial charge in [0.25, 0.3) is 0 Å². The maximum atomic E-state index is 10.5. The van der Waals surface area contributed by atoms with E-state index in [2.05, 4.69) is 28.2 Å². The third kappa shape index (κ3) is 4.20. The number of aromatic hydroxyl groups is 1. The van der Waals surface area contributed by atoms with Gasteiger partial charge in [-0.2, -0.15) is 0 Å². The minimum Gasteiger partial charge on any atom is -0.506 e. The molecular weight excluding hydrogens is 444 g/mol. The summed E-state index contributed by atoms with van der Waals surface area (Å²) in [5, 5.41) is 15.3. The van der Waals surface area contributed by atoms with Crippen LogP contribution in [-0.4, -0.2) is 44.9 Å². The van der Waals surface area contributed by atoms with Crippen LogP contribution in [0.2, 0.25) is 5.02 Å². The highest BCUT2D eigenvalue weighted by Gasteiger charge is 2.41. The van der Waals surface area contributed by atoms with Gasteiger partial charge in [0.15, 0.2) is 5.11 Å². The van der Waals surface area contributed by atoms with Gasteiger partial charge in [-0.25, -0.2) is 0 Å². The number of aryl methyl sites for hydroxylation is 1. The van der Waals surface area contributed by atoms with E-state index in [1.165, 1.54) is 0 Å². The number of pyridine rings is 1. The van der Waals surface area contributed by atoms with Gasteiger partial charge in [-0.1, -0.05) is 17.7 Å². The fraction of sp³-hybridized carbons (Fsp3) is 0.333. The number of methoxy groups -OCH3 is 1. The lowest BCUT2D eigenvalue weighted by Crippen LogP contribution is -2.31. The minimum atomic E-state index is -0.0897. The van der Waals surface area contributed by atoms with Crippen LogP contribution in [-0.2, 0) is 4.74 Å². The number of rotatable bonds is 7. The first-order valence-corrected chi connectivity index (χ1v) is 11.4. The normalized spacial score (nSPS) is 18.2. The van der Waals surface area contributed by atoms with E-state index in [0.717, 1.165) is 35.6 Å². The fourth-order valence-electron chi connectivity index (χ4n) is 4.50. The lowest BCUT2D eigenvalue weighted by molar-refractivity contribution is 0.180. The molecule has 1 aliphatic rings. The van der Waals surface area contributed by atoms with Crippen molar-refractivity contribution >= 4 is 28.9 Å². The Labute approximate surface area is 198 Å². The molecule has 2 atom stereocenters. The average Bonchev–Trinajstić information content (AvgIpc) is 3.26. The van der Waals surface area contributed by atoms with Crippen LogP contribution >= 0.6 is 23.8 Å². The molecule has 0 radical (unpaired) electrons. The quantitative estimate of drug-likeness (QED) is 0.380. The van der Waals surface area contributed by atoms with Gasteiger partial charge < -0.3 is 24.6 Å². The second kappa shape index (κ2) is 9.48. The third-order valence-corrected chi connectivity index (χ3v) is 6.50. The number of hydrogen-bond donors (Lipinski definition) is 2. The van der Waals surface area contributed by atoms with E-state index in [-0.39, 0.29) is 17.8 Å². The van der Waals surface area contributed by atoms with Gasteiger partial charge >= 0.3 is 0 Å². The van der Waals surface area contributed by atoms with Gasteiger partial charge in [-0.3, -0.25) is 4.98 Å². The van der Waals surface area contributed by atoms with Crippen molar-refractivity contribution in [2.45, 2.75) is 32.4 Å². The highest BCUT2D eigenvalue weighted by atomic mass is 35.5. The van der Waals surface area contributed by atoms with Crippen LogP contribution in [0, 0.1) is 13.8 Å². The topological polar surface area (TPSA) is 62.5 Å². The average molecular weight is 471 g/mol. The van der Waals surface area contributed by atoms with E-state index in [9.17, 15) is 5.11 Å². The molecule has 6 nitrogen and oxygen atoms in total. The maximum absolute atomic E-state index is 10.5. The van der Waals surface area contributed by atoms with Gasteiger partial charge in [-0.05, 0) is 74.4 Å². The molecule has 1 saturated heterocycles. The van der Waals surface area contributed by atoms with E-state index in [4.69, 9.17) is 28.6 Å². The molecule has 0 aliphatic carbocycles. The maximum Gasteiger partial charge on any atom is 0.170 e. The minimum absolute atomic E-state index is 0.0458. The van der Waals surface area contributed by atoms with Crippen LogP contribution in [0.3, 0.4) is 0 Å². The molecule has 0 saturated carbocycles. The predicted octanol–water partition coefficient (Wildman–Crippen LogP) is 4.86. The Hall–Kier alpha value is -2.61. The molecule has 3 aromatic rings. The number of aromatic nitrogens is 2. The first kappa shape index (κ1) is 22.6. The van der Waals surface area contributed by atoms with E-state index < -0.39 is 0 Å². The Bertz CT molecular complexity index is 1120. The van der Waals surface area contributed by atoms with Crippen LogP contribution in [0.1, 0.15) is 41.1 Å². The summed E-state index contributed by atoms with van der Waals surface area (Å²) in [4.78, 5) is 6.83. The molecule has 168 valence electrons. The first-order valence-electron chi connectivity index (χ1n) is 10.6. The van der Waals surface area contributed by atoms with Crippen molar-refractivity contribution in [1.29, 1.82) is 0 Å². The van der Waals surface area contributed by atoms with Crippen molar-refractivity contribution in [1.82, 2.24) is 19.8 Å². The van der Waals surface area contributed by atoms with Crippen molar-refractivity contribution < 1.29 is 9.84 Å². The number of phenols is 1. The number of benzene rings is 1. The number of hydrogen-bond acceptors (Lipinski definition) is 4. The predicted molar refractivity (Wildman–Crippen MR) is 131 cm³/mol. The van der Waals surface area contributed by atoms with Crippen LogP contribution < -0.4 is 5.32 Å². The highest BCUT2D eigenvalue weighted by molar-refractivity contribution is 7.80. The summed E-state index contributed by atoms with van der Waals surface area (Å²) in [5.41, 5.74) is 4.75. The molecule has 2 N–H and O–H groups in total. The molecule has 4 rings (SSSR count). The van der Waals surface area contributed by atoms with Crippen molar-refractivity contribution in [3.05, 3.63) is 76.3 Å². The summed E-state index contributed by atoms with van der Waals surface area (Å²) in [6.07, 6.45) is 2.66. The van der Waals surface area contributed by atoms with Gasteiger partial charge in [0.05, 0.1) is 23.5 Å². The zero-order valence-corrected chi connectivity index (χ0v) is 20.0. The van der Waals surface area contributed by atoms with Crippen molar-refractivity contribution in [2.75, 3.05) is 20.3 Å². The summed E-state index contributed by atoms with van der Waals surface area (Å²) < 4.78 is 7.31. The Kier molecular flexibility index (Phi) is 6.69.